The Morgan fingerprint density at radius 2 is 1.60 bits per heavy atom. The van der Waals surface area contributed by atoms with Gasteiger partial charge >= 0.3 is 5.97 Å². The highest BCUT2D eigenvalue weighted by Gasteiger charge is 2.16. The van der Waals surface area contributed by atoms with Crippen molar-refractivity contribution >= 4 is 45.1 Å². The first kappa shape index (κ1) is 21.3. The molecule has 2 N–H and O–H groups in total. The number of para-hydroxylation sites is 1. The maximum atomic E-state index is 12.5. The Morgan fingerprint density at radius 1 is 0.900 bits per heavy atom. The summed E-state index contributed by atoms with van der Waals surface area (Å²) in [7, 11) is 0. The van der Waals surface area contributed by atoms with Gasteiger partial charge in [0.1, 0.15) is 0 Å². The zero-order chi connectivity index (χ0) is 21.5. The van der Waals surface area contributed by atoms with Crippen molar-refractivity contribution in [2.24, 2.45) is 0 Å². The van der Waals surface area contributed by atoms with Gasteiger partial charge < -0.3 is 15.4 Å². The van der Waals surface area contributed by atoms with Crippen molar-refractivity contribution in [3.8, 4) is 0 Å². The predicted octanol–water partition coefficient (Wildman–Crippen LogP) is 4.81. The van der Waals surface area contributed by atoms with Crippen LogP contribution in [0.2, 0.25) is 0 Å². The van der Waals surface area contributed by atoms with Crippen LogP contribution < -0.4 is 10.6 Å². The molecule has 3 aromatic carbocycles. The standard InChI is InChI=1S/C23H19BrN2O4/c1-15-13-17(11-12-19(15)24)25-21(27)14-30-23(29)18-9-5-6-10-20(18)26-22(28)16-7-3-2-4-8-16/h2-13H,14H2,1H3,(H,25,27)(H,26,28). The molecule has 2 amide bonds. The number of aryl methyl sites for hydroxylation is 1. The Labute approximate surface area is 182 Å². The van der Waals surface area contributed by atoms with Crippen molar-refractivity contribution in [1.82, 2.24) is 0 Å². The third-order valence-corrected chi connectivity index (χ3v) is 5.10. The third kappa shape index (κ3) is 5.55. The molecule has 0 bridgehead atoms. The monoisotopic (exact) mass is 466 g/mol. The van der Waals surface area contributed by atoms with E-state index in [1.54, 1.807) is 54.6 Å². The van der Waals surface area contributed by atoms with E-state index in [1.807, 2.05) is 19.1 Å². The van der Waals surface area contributed by atoms with Gasteiger partial charge in [0, 0.05) is 15.7 Å². The largest absolute Gasteiger partial charge is 0.452 e. The first-order valence-corrected chi connectivity index (χ1v) is 9.92. The van der Waals surface area contributed by atoms with Crippen LogP contribution in [0.4, 0.5) is 11.4 Å². The lowest BCUT2D eigenvalue weighted by atomic mass is 10.1. The molecule has 30 heavy (non-hydrogen) atoms. The smallest absolute Gasteiger partial charge is 0.340 e. The summed E-state index contributed by atoms with van der Waals surface area (Å²) in [6.07, 6.45) is 0. The Balaban J connectivity index is 1.62. The van der Waals surface area contributed by atoms with Gasteiger partial charge in [0.2, 0.25) is 0 Å². The van der Waals surface area contributed by atoms with E-state index >= 15 is 0 Å². The number of carbonyl (C=O) groups is 3. The summed E-state index contributed by atoms with van der Waals surface area (Å²) in [4.78, 5) is 37.0. The Morgan fingerprint density at radius 3 is 2.33 bits per heavy atom. The van der Waals surface area contributed by atoms with Gasteiger partial charge in [-0.3, -0.25) is 9.59 Å². The molecular formula is C23H19BrN2O4. The van der Waals surface area contributed by atoms with Crippen molar-refractivity contribution in [3.63, 3.8) is 0 Å². The number of hydrogen-bond acceptors (Lipinski definition) is 4. The highest BCUT2D eigenvalue weighted by atomic mass is 79.9. The van der Waals surface area contributed by atoms with Gasteiger partial charge in [-0.25, -0.2) is 4.79 Å². The molecule has 3 rings (SSSR count). The highest BCUT2D eigenvalue weighted by molar-refractivity contribution is 9.10. The minimum absolute atomic E-state index is 0.161. The number of ether oxygens (including phenoxy) is 1. The van der Waals surface area contributed by atoms with E-state index in [9.17, 15) is 14.4 Å². The minimum atomic E-state index is -0.707. The van der Waals surface area contributed by atoms with Crippen LogP contribution in [0.15, 0.2) is 77.3 Å². The molecule has 6 nitrogen and oxygen atoms in total. The fourth-order valence-corrected chi connectivity index (χ4v) is 2.93. The molecule has 0 saturated carbocycles. The van der Waals surface area contributed by atoms with Crippen LogP contribution in [0.1, 0.15) is 26.3 Å². The van der Waals surface area contributed by atoms with Crippen LogP contribution in [0, 0.1) is 6.92 Å². The quantitative estimate of drug-likeness (QED) is 0.510. The fourth-order valence-electron chi connectivity index (χ4n) is 2.68. The van der Waals surface area contributed by atoms with Crippen LogP contribution in [-0.4, -0.2) is 24.4 Å². The fraction of sp³-hybridized carbons (Fsp3) is 0.0870. The van der Waals surface area contributed by atoms with Crippen molar-refractivity contribution in [2.45, 2.75) is 6.92 Å². The first-order valence-electron chi connectivity index (χ1n) is 9.12. The molecule has 0 aliphatic carbocycles. The molecular weight excluding hydrogens is 448 g/mol. The van der Waals surface area contributed by atoms with E-state index in [-0.39, 0.29) is 11.5 Å². The van der Waals surface area contributed by atoms with E-state index in [0.717, 1.165) is 10.0 Å². The van der Waals surface area contributed by atoms with Gasteiger partial charge in [-0.1, -0.05) is 46.3 Å². The van der Waals surface area contributed by atoms with E-state index in [1.165, 1.54) is 6.07 Å². The number of esters is 1. The number of carbonyl (C=O) groups excluding carboxylic acids is 3. The maximum absolute atomic E-state index is 12.5. The Hall–Kier alpha value is -3.45. The lowest BCUT2D eigenvalue weighted by molar-refractivity contribution is -0.119. The van der Waals surface area contributed by atoms with Crippen LogP contribution in [0.5, 0.6) is 0 Å². The number of anilines is 2. The van der Waals surface area contributed by atoms with Crippen LogP contribution in [0.3, 0.4) is 0 Å². The second-order valence-corrected chi connectivity index (χ2v) is 7.31. The highest BCUT2D eigenvalue weighted by Crippen LogP contribution is 2.20. The number of nitrogens with one attached hydrogen (secondary N) is 2. The zero-order valence-electron chi connectivity index (χ0n) is 16.1. The molecule has 0 atom stereocenters. The minimum Gasteiger partial charge on any atom is -0.452 e. The first-order chi connectivity index (χ1) is 14.4. The van der Waals surface area contributed by atoms with Gasteiger partial charge in [-0.15, -0.1) is 0 Å². The molecule has 0 unspecified atom stereocenters. The molecule has 152 valence electrons. The zero-order valence-corrected chi connectivity index (χ0v) is 17.7. The second kappa shape index (κ2) is 9.84. The van der Waals surface area contributed by atoms with Crippen molar-refractivity contribution in [1.29, 1.82) is 0 Å². The molecule has 0 aliphatic rings. The average molecular weight is 467 g/mol. The molecule has 0 aliphatic heterocycles. The molecule has 0 saturated heterocycles. The lowest BCUT2D eigenvalue weighted by Crippen LogP contribution is -2.22. The number of benzene rings is 3. The van der Waals surface area contributed by atoms with Gasteiger partial charge in [-0.05, 0) is 55.0 Å². The molecule has 0 aromatic heterocycles. The van der Waals surface area contributed by atoms with Gasteiger partial charge in [-0.2, -0.15) is 0 Å². The summed E-state index contributed by atoms with van der Waals surface area (Å²) in [6, 6.07) is 20.5. The van der Waals surface area contributed by atoms with Crippen molar-refractivity contribution in [2.75, 3.05) is 17.2 Å². The van der Waals surface area contributed by atoms with Crippen LogP contribution in [0.25, 0.3) is 0 Å². The number of halogens is 1. The average Bonchev–Trinajstić information content (AvgIpc) is 2.75. The van der Waals surface area contributed by atoms with Gasteiger partial charge in [0.15, 0.2) is 6.61 Å². The number of hydrogen-bond donors (Lipinski definition) is 2. The normalized spacial score (nSPS) is 10.2. The summed E-state index contributed by atoms with van der Waals surface area (Å²) in [6.45, 7) is 1.45. The Kier molecular flexibility index (Phi) is 6.98. The van der Waals surface area contributed by atoms with Crippen molar-refractivity contribution in [3.05, 3.63) is 94.0 Å². The second-order valence-electron chi connectivity index (χ2n) is 6.45. The lowest BCUT2D eigenvalue weighted by Gasteiger charge is -2.11. The van der Waals surface area contributed by atoms with Gasteiger partial charge in [0.05, 0.1) is 11.3 Å². The summed E-state index contributed by atoms with van der Waals surface area (Å²) in [5, 5.41) is 5.38. The maximum Gasteiger partial charge on any atom is 0.340 e. The molecule has 3 aromatic rings. The van der Waals surface area contributed by atoms with Crippen LogP contribution in [-0.2, 0) is 9.53 Å². The number of rotatable bonds is 6. The molecule has 0 fully saturated rings. The van der Waals surface area contributed by atoms with Crippen molar-refractivity contribution < 1.29 is 19.1 Å². The summed E-state index contributed by atoms with van der Waals surface area (Å²) in [5.41, 5.74) is 2.50. The van der Waals surface area contributed by atoms with E-state index in [2.05, 4.69) is 26.6 Å². The molecule has 0 heterocycles. The van der Waals surface area contributed by atoms with E-state index < -0.39 is 18.5 Å². The molecule has 0 radical (unpaired) electrons. The topological polar surface area (TPSA) is 84.5 Å². The predicted molar refractivity (Wildman–Crippen MR) is 119 cm³/mol. The number of amides is 2. The van der Waals surface area contributed by atoms with E-state index in [4.69, 9.17) is 4.74 Å². The third-order valence-electron chi connectivity index (χ3n) is 4.21. The summed E-state index contributed by atoms with van der Waals surface area (Å²) < 4.78 is 6.06. The van der Waals surface area contributed by atoms with E-state index in [0.29, 0.717) is 16.9 Å². The molecule has 7 heteroatoms. The Bertz CT molecular complexity index is 1080. The SMILES string of the molecule is Cc1cc(NC(=O)COC(=O)c2ccccc2NC(=O)c2ccccc2)ccc1Br. The van der Waals surface area contributed by atoms with Crippen LogP contribution >= 0.6 is 15.9 Å². The summed E-state index contributed by atoms with van der Waals surface area (Å²) in [5.74, 6) is -1.52. The van der Waals surface area contributed by atoms with Gasteiger partial charge in [0.25, 0.3) is 11.8 Å². The molecule has 0 spiro atoms. The summed E-state index contributed by atoms with van der Waals surface area (Å²) >= 11 is 3.40.